The number of carboxylic acid groups (broad SMARTS) is 1. The highest BCUT2D eigenvalue weighted by atomic mass is 16.5. The molecule has 2 aliphatic heterocycles. The van der Waals surface area contributed by atoms with E-state index in [1.54, 1.807) is 4.90 Å². The molecule has 2 atom stereocenters. The van der Waals surface area contributed by atoms with Gasteiger partial charge in [0.1, 0.15) is 6.61 Å². The Morgan fingerprint density at radius 3 is 2.21 bits per heavy atom. The molecule has 28 heavy (non-hydrogen) atoms. The molecule has 0 radical (unpaired) electrons. The molecular weight excluding hydrogens is 366 g/mol. The lowest BCUT2D eigenvalue weighted by Gasteiger charge is -2.36. The number of rotatable bonds is 4. The summed E-state index contributed by atoms with van der Waals surface area (Å²) in [6.07, 6.45) is -0.513. The molecule has 0 aliphatic carbocycles. The smallest absolute Gasteiger partial charge is 0.409 e. The molecule has 2 amide bonds. The van der Waals surface area contributed by atoms with E-state index in [-0.39, 0.29) is 18.4 Å². The number of nitrogens with zero attached hydrogens (tertiary/aromatic N) is 3. The van der Waals surface area contributed by atoms with E-state index in [2.05, 4.69) is 4.90 Å². The minimum absolute atomic E-state index is 0.134. The fourth-order valence-electron chi connectivity index (χ4n) is 3.92. The van der Waals surface area contributed by atoms with Crippen LogP contribution < -0.4 is 4.90 Å². The van der Waals surface area contributed by atoms with Crippen LogP contribution in [0.1, 0.15) is 11.5 Å². The molecule has 3 rings (SSSR count). The van der Waals surface area contributed by atoms with Gasteiger partial charge in [-0.3, -0.25) is 9.59 Å². The molecule has 2 heterocycles. The first-order valence-corrected chi connectivity index (χ1v) is 9.23. The molecule has 0 saturated carbocycles. The Labute approximate surface area is 163 Å². The van der Waals surface area contributed by atoms with Crippen LogP contribution >= 0.6 is 0 Å². The van der Waals surface area contributed by atoms with Gasteiger partial charge in [-0.05, 0) is 17.7 Å². The Hall–Kier alpha value is -2.81. The number of piperazine rings is 1. The van der Waals surface area contributed by atoms with E-state index < -0.39 is 24.6 Å². The first kappa shape index (κ1) is 19.9. The van der Waals surface area contributed by atoms with E-state index in [0.717, 1.165) is 11.3 Å². The second-order valence-corrected chi connectivity index (χ2v) is 7.04. The molecule has 0 spiro atoms. The zero-order chi connectivity index (χ0) is 20.3. The van der Waals surface area contributed by atoms with Crippen molar-refractivity contribution in [3.8, 4) is 0 Å². The van der Waals surface area contributed by atoms with Crippen molar-refractivity contribution in [3.63, 3.8) is 0 Å². The van der Waals surface area contributed by atoms with Crippen molar-refractivity contribution in [2.75, 3.05) is 57.9 Å². The number of methoxy groups -OCH3 is 1. The maximum Gasteiger partial charge on any atom is 0.409 e. The van der Waals surface area contributed by atoms with Gasteiger partial charge in [0.05, 0.1) is 13.0 Å². The summed E-state index contributed by atoms with van der Waals surface area (Å²) in [5.74, 6) is -2.14. The summed E-state index contributed by atoms with van der Waals surface area (Å²) < 4.78 is 4.72. The van der Waals surface area contributed by atoms with E-state index in [4.69, 9.17) is 9.84 Å². The van der Waals surface area contributed by atoms with Crippen LogP contribution in [0.5, 0.6) is 0 Å². The van der Waals surface area contributed by atoms with E-state index >= 15 is 0 Å². The van der Waals surface area contributed by atoms with Crippen molar-refractivity contribution in [2.24, 2.45) is 5.92 Å². The average molecular weight is 391 g/mol. The van der Waals surface area contributed by atoms with Crippen molar-refractivity contribution in [3.05, 3.63) is 29.8 Å². The third-order valence-corrected chi connectivity index (χ3v) is 5.52. The molecule has 0 bridgehead atoms. The molecule has 0 unspecified atom stereocenters. The highest BCUT2D eigenvalue weighted by Crippen LogP contribution is 2.34. The van der Waals surface area contributed by atoms with Crippen LogP contribution in [-0.2, 0) is 14.3 Å². The summed E-state index contributed by atoms with van der Waals surface area (Å²) in [6.45, 7) is 2.42. The van der Waals surface area contributed by atoms with E-state index in [1.165, 1.54) is 12.0 Å². The van der Waals surface area contributed by atoms with Crippen LogP contribution in [-0.4, -0.2) is 91.0 Å². The highest BCUT2D eigenvalue weighted by molar-refractivity contribution is 5.77. The molecule has 9 heteroatoms. The number of anilines is 1. The van der Waals surface area contributed by atoms with E-state index in [9.17, 15) is 19.5 Å². The quantitative estimate of drug-likeness (QED) is 0.754. The maximum absolute atomic E-state index is 11.8. The Morgan fingerprint density at radius 2 is 1.68 bits per heavy atom. The minimum atomic E-state index is -0.926. The van der Waals surface area contributed by atoms with Gasteiger partial charge >= 0.3 is 12.1 Å². The molecule has 0 aromatic heterocycles. The van der Waals surface area contributed by atoms with Gasteiger partial charge in [-0.25, -0.2) is 4.79 Å². The molecule has 9 nitrogen and oxygen atoms in total. The molecular formula is C19H25N3O6. The number of hydrogen-bond donors (Lipinski definition) is 2. The van der Waals surface area contributed by atoms with Gasteiger partial charge in [0.25, 0.3) is 0 Å². The zero-order valence-electron chi connectivity index (χ0n) is 15.8. The molecule has 2 fully saturated rings. The zero-order valence-corrected chi connectivity index (χ0v) is 15.8. The first-order valence-electron chi connectivity index (χ1n) is 9.23. The van der Waals surface area contributed by atoms with Gasteiger partial charge in [0.15, 0.2) is 0 Å². The van der Waals surface area contributed by atoms with Crippen LogP contribution in [0, 0.1) is 5.92 Å². The number of hydrogen-bond acceptors (Lipinski definition) is 6. The Kier molecular flexibility index (Phi) is 6.03. The second kappa shape index (κ2) is 8.47. The van der Waals surface area contributed by atoms with E-state index in [1.807, 2.05) is 24.3 Å². The lowest BCUT2D eigenvalue weighted by molar-refractivity contribution is -0.141. The number of aliphatic carboxylic acids is 1. The molecule has 2 saturated heterocycles. The van der Waals surface area contributed by atoms with Crippen molar-refractivity contribution < 1.29 is 29.3 Å². The van der Waals surface area contributed by atoms with Gasteiger partial charge in [-0.2, -0.15) is 0 Å². The Morgan fingerprint density at radius 1 is 1.04 bits per heavy atom. The van der Waals surface area contributed by atoms with Crippen molar-refractivity contribution in [1.82, 2.24) is 9.80 Å². The number of amides is 2. The predicted octanol–water partition coefficient (Wildman–Crippen LogP) is 0.194. The molecule has 2 aliphatic rings. The third-order valence-electron chi connectivity index (χ3n) is 5.52. The predicted molar refractivity (Wildman–Crippen MR) is 100 cm³/mol. The lowest BCUT2D eigenvalue weighted by Crippen LogP contribution is -2.49. The largest absolute Gasteiger partial charge is 0.481 e. The number of aliphatic hydroxyl groups excluding tert-OH is 1. The van der Waals surface area contributed by atoms with Crippen LogP contribution in [0.25, 0.3) is 0 Å². The highest BCUT2D eigenvalue weighted by Gasteiger charge is 2.41. The maximum atomic E-state index is 11.8. The molecule has 1 aromatic carbocycles. The number of benzene rings is 1. The fourth-order valence-corrected chi connectivity index (χ4v) is 3.92. The summed E-state index contributed by atoms with van der Waals surface area (Å²) >= 11 is 0. The molecule has 2 N–H and O–H groups in total. The number of likely N-dealkylation sites (tertiary alicyclic amines) is 1. The summed E-state index contributed by atoms with van der Waals surface area (Å²) in [6, 6.07) is 7.70. The summed E-state index contributed by atoms with van der Waals surface area (Å²) in [5.41, 5.74) is 1.87. The number of ether oxygens (including phenoxy) is 1. The summed E-state index contributed by atoms with van der Waals surface area (Å²) in [4.78, 5) is 40.2. The standard InChI is InChI=1S/C19H25N3O6/c1-28-19(27)22-10-15(16(11-22)18(25)26)13-2-4-14(5-3-13)20-6-8-21(9-7-20)17(24)12-23/h2-5,15-16,23H,6-12H2,1H3,(H,25,26)/t15-,16-/m1/s1. The summed E-state index contributed by atoms with van der Waals surface area (Å²) in [7, 11) is 1.29. The van der Waals surface area contributed by atoms with Crippen LogP contribution in [0.4, 0.5) is 10.5 Å². The van der Waals surface area contributed by atoms with Crippen molar-refractivity contribution >= 4 is 23.7 Å². The average Bonchev–Trinajstić information content (AvgIpc) is 3.18. The van der Waals surface area contributed by atoms with Crippen LogP contribution in [0.2, 0.25) is 0 Å². The number of carbonyl (C=O) groups excluding carboxylic acids is 2. The third kappa shape index (κ3) is 4.04. The number of carbonyl (C=O) groups is 3. The number of aliphatic hydroxyl groups is 1. The monoisotopic (exact) mass is 391 g/mol. The van der Waals surface area contributed by atoms with Crippen molar-refractivity contribution in [2.45, 2.75) is 5.92 Å². The summed E-state index contributed by atoms with van der Waals surface area (Å²) in [5, 5.41) is 18.5. The van der Waals surface area contributed by atoms with Crippen LogP contribution in [0.3, 0.4) is 0 Å². The van der Waals surface area contributed by atoms with Gasteiger partial charge < -0.3 is 29.6 Å². The van der Waals surface area contributed by atoms with Crippen LogP contribution in [0.15, 0.2) is 24.3 Å². The molecule has 152 valence electrons. The van der Waals surface area contributed by atoms with E-state index in [0.29, 0.717) is 32.7 Å². The topological polar surface area (TPSA) is 111 Å². The fraction of sp³-hybridized carbons (Fsp3) is 0.526. The Bertz CT molecular complexity index is 730. The van der Waals surface area contributed by atoms with Crippen molar-refractivity contribution in [1.29, 1.82) is 0 Å². The minimum Gasteiger partial charge on any atom is -0.481 e. The van der Waals surface area contributed by atoms with Gasteiger partial charge in [-0.15, -0.1) is 0 Å². The van der Waals surface area contributed by atoms with Gasteiger partial charge in [-0.1, -0.05) is 12.1 Å². The second-order valence-electron chi connectivity index (χ2n) is 7.04. The first-order chi connectivity index (χ1) is 13.4. The normalized spacial score (nSPS) is 22.3. The van der Waals surface area contributed by atoms with Gasteiger partial charge in [0, 0.05) is 50.9 Å². The SMILES string of the molecule is COC(=O)N1C[C@H](c2ccc(N3CCN(C(=O)CO)CC3)cc2)[C@H](C(=O)O)C1. The molecule has 1 aromatic rings. The van der Waals surface area contributed by atoms with Gasteiger partial charge in [0.2, 0.25) is 5.91 Å². The Balaban J connectivity index is 1.67. The lowest BCUT2D eigenvalue weighted by atomic mass is 9.89. The number of carboxylic acids is 1.